The van der Waals surface area contributed by atoms with Crippen molar-refractivity contribution in [2.45, 2.75) is 83.4 Å². The van der Waals surface area contributed by atoms with E-state index in [0.717, 1.165) is 12.8 Å². The van der Waals surface area contributed by atoms with E-state index in [1.807, 2.05) is 0 Å². The molecular formula is C18H34O3Si. The standard InChI is InChI=1S/C18H34O3Si/c1-7-15-11-9-8-10-12-17(16(20-15)13-14-19)21-22(5,6)18(2,3)4/h8-11,15-17,19H,7,12-14H2,1-6H3/b10-8-,11-9-/t15-,16-,17+/m0/s1. The number of aliphatic hydroxyl groups excluding tert-OH is 1. The summed E-state index contributed by atoms with van der Waals surface area (Å²) in [5.74, 6) is 0. The van der Waals surface area contributed by atoms with Crippen molar-refractivity contribution in [3.8, 4) is 0 Å². The third-order valence-corrected chi connectivity index (χ3v) is 9.28. The van der Waals surface area contributed by atoms with Crippen molar-refractivity contribution in [1.29, 1.82) is 0 Å². The first kappa shape index (κ1) is 19.6. The molecule has 4 heteroatoms. The van der Waals surface area contributed by atoms with Crippen LogP contribution in [-0.2, 0) is 9.16 Å². The second-order valence-corrected chi connectivity index (χ2v) is 12.4. The fraction of sp³-hybridized carbons (Fsp3) is 0.778. The van der Waals surface area contributed by atoms with Crippen molar-refractivity contribution in [2.75, 3.05) is 6.61 Å². The van der Waals surface area contributed by atoms with E-state index in [0.29, 0.717) is 6.42 Å². The third-order valence-electron chi connectivity index (χ3n) is 4.77. The summed E-state index contributed by atoms with van der Waals surface area (Å²) in [6, 6.07) is 0. The van der Waals surface area contributed by atoms with Crippen LogP contribution in [0.15, 0.2) is 24.3 Å². The maximum absolute atomic E-state index is 9.43. The molecule has 0 aromatic rings. The molecule has 0 radical (unpaired) electrons. The van der Waals surface area contributed by atoms with E-state index in [9.17, 15) is 5.11 Å². The maximum Gasteiger partial charge on any atom is 0.192 e. The highest BCUT2D eigenvalue weighted by Gasteiger charge is 2.40. The van der Waals surface area contributed by atoms with Crippen LogP contribution in [0.25, 0.3) is 0 Å². The number of rotatable bonds is 5. The summed E-state index contributed by atoms with van der Waals surface area (Å²) in [7, 11) is -1.87. The van der Waals surface area contributed by atoms with Crippen LogP contribution in [0.1, 0.15) is 47.0 Å². The molecule has 0 amide bonds. The third kappa shape index (κ3) is 5.65. The van der Waals surface area contributed by atoms with Crippen molar-refractivity contribution in [3.63, 3.8) is 0 Å². The summed E-state index contributed by atoms with van der Waals surface area (Å²) in [4.78, 5) is 0. The van der Waals surface area contributed by atoms with Gasteiger partial charge in [0, 0.05) is 6.61 Å². The van der Waals surface area contributed by atoms with E-state index in [-0.39, 0.29) is 30.0 Å². The highest BCUT2D eigenvalue weighted by atomic mass is 28.4. The molecule has 0 spiro atoms. The summed E-state index contributed by atoms with van der Waals surface area (Å²) < 4.78 is 12.9. The molecule has 0 bridgehead atoms. The molecule has 3 nitrogen and oxygen atoms in total. The Balaban J connectivity index is 2.95. The van der Waals surface area contributed by atoms with E-state index in [1.165, 1.54) is 0 Å². The number of ether oxygens (including phenoxy) is 1. The predicted octanol–water partition coefficient (Wildman–Crippen LogP) is 4.44. The molecule has 0 aliphatic carbocycles. The molecule has 1 aliphatic rings. The largest absolute Gasteiger partial charge is 0.411 e. The molecule has 1 aliphatic heterocycles. The lowest BCUT2D eigenvalue weighted by Gasteiger charge is -2.41. The molecule has 1 rings (SSSR count). The fourth-order valence-corrected chi connectivity index (χ4v) is 3.64. The van der Waals surface area contributed by atoms with Gasteiger partial charge in [-0.25, -0.2) is 0 Å². The van der Waals surface area contributed by atoms with Gasteiger partial charge in [0.2, 0.25) is 0 Å². The van der Waals surface area contributed by atoms with Crippen molar-refractivity contribution in [3.05, 3.63) is 24.3 Å². The van der Waals surface area contributed by atoms with Crippen LogP contribution in [0.4, 0.5) is 0 Å². The number of hydrogen-bond acceptors (Lipinski definition) is 3. The Bertz CT molecular complexity index is 382. The summed E-state index contributed by atoms with van der Waals surface area (Å²) in [6.45, 7) is 13.6. The summed E-state index contributed by atoms with van der Waals surface area (Å²) in [5.41, 5.74) is 0. The lowest BCUT2D eigenvalue weighted by Crippen LogP contribution is -2.48. The zero-order chi connectivity index (χ0) is 16.8. The normalized spacial score (nSPS) is 30.2. The van der Waals surface area contributed by atoms with E-state index < -0.39 is 8.32 Å². The predicted molar refractivity (Wildman–Crippen MR) is 95.6 cm³/mol. The minimum Gasteiger partial charge on any atom is -0.411 e. The molecule has 22 heavy (non-hydrogen) atoms. The van der Waals surface area contributed by atoms with Crippen LogP contribution in [-0.4, -0.2) is 38.3 Å². The topological polar surface area (TPSA) is 38.7 Å². The van der Waals surface area contributed by atoms with Gasteiger partial charge < -0.3 is 14.3 Å². The summed E-state index contributed by atoms with van der Waals surface area (Å²) >= 11 is 0. The van der Waals surface area contributed by atoms with Gasteiger partial charge >= 0.3 is 0 Å². The van der Waals surface area contributed by atoms with Crippen LogP contribution in [0.5, 0.6) is 0 Å². The van der Waals surface area contributed by atoms with Gasteiger partial charge in [-0.15, -0.1) is 0 Å². The smallest absolute Gasteiger partial charge is 0.192 e. The average molecular weight is 327 g/mol. The first-order valence-corrected chi connectivity index (χ1v) is 11.4. The zero-order valence-corrected chi connectivity index (χ0v) is 16.1. The van der Waals surface area contributed by atoms with E-state index >= 15 is 0 Å². The Hall–Kier alpha value is -0.423. The second-order valence-electron chi connectivity index (χ2n) is 7.60. The van der Waals surface area contributed by atoms with Gasteiger partial charge in [-0.1, -0.05) is 52.0 Å². The molecule has 1 heterocycles. The first-order valence-electron chi connectivity index (χ1n) is 8.48. The van der Waals surface area contributed by atoms with Gasteiger partial charge in [0.1, 0.15) is 0 Å². The Kier molecular flexibility index (Phi) is 7.52. The van der Waals surface area contributed by atoms with Crippen molar-refractivity contribution >= 4 is 8.32 Å². The van der Waals surface area contributed by atoms with Crippen LogP contribution in [0.3, 0.4) is 0 Å². The maximum atomic E-state index is 9.43. The highest BCUT2D eigenvalue weighted by molar-refractivity contribution is 6.74. The number of allylic oxidation sites excluding steroid dienone is 2. The van der Waals surface area contributed by atoms with Crippen LogP contribution < -0.4 is 0 Å². The Morgan fingerprint density at radius 2 is 1.95 bits per heavy atom. The van der Waals surface area contributed by atoms with Crippen molar-refractivity contribution in [2.24, 2.45) is 0 Å². The Labute approximate surface area is 137 Å². The second kappa shape index (κ2) is 8.43. The molecular weight excluding hydrogens is 292 g/mol. The van der Waals surface area contributed by atoms with Crippen molar-refractivity contribution in [1.82, 2.24) is 0 Å². The van der Waals surface area contributed by atoms with Gasteiger partial charge in [0.05, 0.1) is 18.3 Å². The van der Waals surface area contributed by atoms with Gasteiger partial charge in [-0.05, 0) is 37.4 Å². The molecule has 1 N–H and O–H groups in total. The van der Waals surface area contributed by atoms with Crippen LogP contribution in [0.2, 0.25) is 18.1 Å². The van der Waals surface area contributed by atoms with E-state index in [2.05, 4.69) is 65.1 Å². The molecule has 0 fully saturated rings. The van der Waals surface area contributed by atoms with Gasteiger partial charge in [0.15, 0.2) is 8.32 Å². The fourth-order valence-electron chi connectivity index (χ4n) is 2.28. The average Bonchev–Trinajstić information content (AvgIpc) is 2.49. The summed E-state index contributed by atoms with van der Waals surface area (Å²) in [6.07, 6.45) is 10.8. The number of aliphatic hydroxyl groups is 1. The molecule has 0 saturated heterocycles. The van der Waals surface area contributed by atoms with Gasteiger partial charge in [-0.3, -0.25) is 0 Å². The summed E-state index contributed by atoms with van der Waals surface area (Å²) in [5, 5.41) is 9.59. The van der Waals surface area contributed by atoms with E-state index in [4.69, 9.17) is 9.16 Å². The van der Waals surface area contributed by atoms with E-state index in [1.54, 1.807) is 0 Å². The monoisotopic (exact) mass is 326 g/mol. The lowest BCUT2D eigenvalue weighted by molar-refractivity contribution is -0.0647. The SMILES string of the molecule is CC[C@H]1/C=C\C=C/C[C@@H](O[Si](C)(C)C(C)(C)C)[C@H](CCO)O1. The molecule has 0 saturated carbocycles. The van der Waals surface area contributed by atoms with Gasteiger partial charge in [0.25, 0.3) is 0 Å². The zero-order valence-electron chi connectivity index (χ0n) is 15.1. The Morgan fingerprint density at radius 1 is 1.27 bits per heavy atom. The highest BCUT2D eigenvalue weighted by Crippen LogP contribution is 2.38. The van der Waals surface area contributed by atoms with Gasteiger partial charge in [-0.2, -0.15) is 0 Å². The van der Waals surface area contributed by atoms with Crippen molar-refractivity contribution < 1.29 is 14.3 Å². The molecule has 3 atom stereocenters. The molecule has 0 unspecified atom stereocenters. The Morgan fingerprint density at radius 3 is 2.50 bits per heavy atom. The number of hydrogen-bond donors (Lipinski definition) is 1. The first-order chi connectivity index (χ1) is 10.2. The van der Waals surface area contributed by atoms with Crippen LogP contribution >= 0.6 is 0 Å². The molecule has 0 aromatic heterocycles. The van der Waals surface area contributed by atoms with Crippen LogP contribution in [0, 0.1) is 0 Å². The quantitative estimate of drug-likeness (QED) is 0.759. The lowest BCUT2D eigenvalue weighted by atomic mass is 10.1. The minimum atomic E-state index is -1.87. The molecule has 128 valence electrons. The molecule has 0 aromatic carbocycles. The minimum absolute atomic E-state index is 0.0123.